The number of rotatable bonds is 6. The molecule has 26 heavy (non-hydrogen) atoms. The molecule has 4 amide bonds. The topological polar surface area (TPSA) is 100 Å². The second-order valence-corrected chi connectivity index (χ2v) is 7.28. The summed E-state index contributed by atoms with van der Waals surface area (Å²) >= 11 is 1.27. The fourth-order valence-electron chi connectivity index (χ4n) is 3.15. The van der Waals surface area contributed by atoms with E-state index in [-0.39, 0.29) is 23.6 Å². The van der Waals surface area contributed by atoms with Gasteiger partial charge in [-0.1, -0.05) is 18.2 Å². The van der Waals surface area contributed by atoms with Crippen LogP contribution in [0, 0.1) is 0 Å². The predicted molar refractivity (Wildman–Crippen MR) is 95.4 cm³/mol. The van der Waals surface area contributed by atoms with Gasteiger partial charge in [-0.25, -0.2) is 4.79 Å². The molecular formula is C16H24N6O3S. The highest BCUT2D eigenvalue weighted by Gasteiger charge is 2.27. The molecule has 142 valence electrons. The smallest absolute Gasteiger partial charge is 0.324 e. The third kappa shape index (κ3) is 4.17. The van der Waals surface area contributed by atoms with Crippen LogP contribution in [-0.2, 0) is 22.7 Å². The minimum absolute atomic E-state index is 0.133. The van der Waals surface area contributed by atoms with E-state index in [0.717, 1.165) is 31.6 Å². The van der Waals surface area contributed by atoms with E-state index in [4.69, 9.17) is 0 Å². The van der Waals surface area contributed by atoms with Crippen molar-refractivity contribution in [3.05, 3.63) is 5.82 Å². The molecule has 0 aliphatic carbocycles. The summed E-state index contributed by atoms with van der Waals surface area (Å²) < 4.78 is 1.93. The van der Waals surface area contributed by atoms with Gasteiger partial charge in [0.2, 0.25) is 11.8 Å². The Hall–Kier alpha value is -2.10. The van der Waals surface area contributed by atoms with E-state index in [9.17, 15) is 14.4 Å². The van der Waals surface area contributed by atoms with Crippen LogP contribution >= 0.6 is 11.8 Å². The molecule has 0 spiro atoms. The van der Waals surface area contributed by atoms with Crippen molar-refractivity contribution < 1.29 is 14.4 Å². The standard InChI is InChI=1S/C16H24N6O3S/c1-2-21-12(10-20-8-5-3-4-6-13(20)23)18-19-16(21)26-11-14(24)22-9-7-17-15(22)25/h2-11H2,1H3,(H,17,25). The molecule has 0 atom stereocenters. The molecule has 0 aromatic carbocycles. The van der Waals surface area contributed by atoms with Gasteiger partial charge < -0.3 is 14.8 Å². The van der Waals surface area contributed by atoms with Gasteiger partial charge in [-0.15, -0.1) is 10.2 Å². The average Bonchev–Trinajstić information content (AvgIpc) is 3.17. The van der Waals surface area contributed by atoms with Crippen molar-refractivity contribution >= 4 is 29.6 Å². The molecule has 2 saturated heterocycles. The fourth-order valence-corrected chi connectivity index (χ4v) is 4.05. The molecule has 0 radical (unpaired) electrons. The van der Waals surface area contributed by atoms with Gasteiger partial charge in [-0.05, 0) is 19.8 Å². The molecule has 2 fully saturated rings. The summed E-state index contributed by atoms with van der Waals surface area (Å²) in [7, 11) is 0. The third-order valence-corrected chi connectivity index (χ3v) is 5.55. The summed E-state index contributed by atoms with van der Waals surface area (Å²) in [5.74, 6) is 0.794. The first-order chi connectivity index (χ1) is 12.6. The summed E-state index contributed by atoms with van der Waals surface area (Å²) in [6, 6.07) is -0.340. The van der Waals surface area contributed by atoms with E-state index in [1.54, 1.807) is 0 Å². The van der Waals surface area contributed by atoms with Crippen molar-refractivity contribution in [1.29, 1.82) is 0 Å². The Kier molecular flexibility index (Phi) is 6.12. The van der Waals surface area contributed by atoms with Gasteiger partial charge in [0.15, 0.2) is 11.0 Å². The number of thioether (sulfide) groups is 1. The van der Waals surface area contributed by atoms with Crippen molar-refractivity contribution in [1.82, 2.24) is 29.9 Å². The number of nitrogens with zero attached hydrogens (tertiary/aromatic N) is 5. The Morgan fingerprint density at radius 2 is 2.04 bits per heavy atom. The van der Waals surface area contributed by atoms with Crippen molar-refractivity contribution in [3.8, 4) is 0 Å². The van der Waals surface area contributed by atoms with Crippen LogP contribution in [0.1, 0.15) is 38.4 Å². The molecule has 0 bridgehead atoms. The molecular weight excluding hydrogens is 356 g/mol. The monoisotopic (exact) mass is 380 g/mol. The summed E-state index contributed by atoms with van der Waals surface area (Å²) in [4.78, 5) is 39.0. The summed E-state index contributed by atoms with van der Waals surface area (Å²) in [5, 5.41) is 11.7. The van der Waals surface area contributed by atoms with Crippen LogP contribution in [0.4, 0.5) is 4.79 Å². The highest BCUT2D eigenvalue weighted by molar-refractivity contribution is 7.99. The van der Waals surface area contributed by atoms with E-state index >= 15 is 0 Å². The lowest BCUT2D eigenvalue weighted by molar-refractivity contribution is -0.131. The maximum atomic E-state index is 12.2. The van der Waals surface area contributed by atoms with E-state index < -0.39 is 0 Å². The predicted octanol–water partition coefficient (Wildman–Crippen LogP) is 0.844. The molecule has 1 aromatic rings. The first-order valence-corrected chi connectivity index (χ1v) is 9.99. The third-order valence-electron chi connectivity index (χ3n) is 4.60. The minimum Gasteiger partial charge on any atom is -0.336 e. The van der Waals surface area contributed by atoms with E-state index in [1.165, 1.54) is 16.7 Å². The highest BCUT2D eigenvalue weighted by atomic mass is 32.2. The number of carbonyl (C=O) groups excluding carboxylic acids is 3. The van der Waals surface area contributed by atoms with Gasteiger partial charge >= 0.3 is 6.03 Å². The summed E-state index contributed by atoms with van der Waals surface area (Å²) in [5.41, 5.74) is 0. The highest BCUT2D eigenvalue weighted by Crippen LogP contribution is 2.20. The normalized spacial score (nSPS) is 18.2. The molecule has 10 heteroatoms. The van der Waals surface area contributed by atoms with Crippen LogP contribution in [0.15, 0.2) is 5.16 Å². The largest absolute Gasteiger partial charge is 0.336 e. The number of amides is 4. The molecule has 0 saturated carbocycles. The molecule has 3 heterocycles. The Bertz CT molecular complexity index is 692. The van der Waals surface area contributed by atoms with Crippen molar-refractivity contribution in [2.24, 2.45) is 0 Å². The molecule has 3 rings (SSSR count). The lowest BCUT2D eigenvalue weighted by Crippen LogP contribution is -2.35. The Morgan fingerprint density at radius 1 is 1.19 bits per heavy atom. The maximum Gasteiger partial charge on any atom is 0.324 e. The second kappa shape index (κ2) is 8.52. The zero-order valence-corrected chi connectivity index (χ0v) is 15.8. The first-order valence-electron chi connectivity index (χ1n) is 9.01. The number of aromatic nitrogens is 3. The number of hydrogen-bond acceptors (Lipinski definition) is 6. The molecule has 9 nitrogen and oxygen atoms in total. The van der Waals surface area contributed by atoms with Crippen LogP contribution < -0.4 is 5.32 Å². The fraction of sp³-hybridized carbons (Fsp3) is 0.688. The van der Waals surface area contributed by atoms with Crippen LogP contribution in [0.25, 0.3) is 0 Å². The summed E-state index contributed by atoms with van der Waals surface area (Å²) in [6.45, 7) is 4.74. The van der Waals surface area contributed by atoms with Crippen LogP contribution in [0.3, 0.4) is 0 Å². The number of likely N-dealkylation sites (tertiary alicyclic amines) is 1. The van der Waals surface area contributed by atoms with Gasteiger partial charge in [0.05, 0.1) is 12.3 Å². The number of nitrogens with one attached hydrogen (secondary N) is 1. The Labute approximate surface area is 156 Å². The van der Waals surface area contributed by atoms with Gasteiger partial charge in [0.1, 0.15) is 0 Å². The van der Waals surface area contributed by atoms with E-state index in [2.05, 4.69) is 15.5 Å². The van der Waals surface area contributed by atoms with Crippen LogP contribution in [0.5, 0.6) is 0 Å². The van der Waals surface area contributed by atoms with Crippen molar-refractivity contribution in [2.45, 2.75) is 50.9 Å². The van der Waals surface area contributed by atoms with E-state index in [1.807, 2.05) is 16.4 Å². The lowest BCUT2D eigenvalue weighted by atomic mass is 10.2. The first kappa shape index (κ1) is 18.7. The van der Waals surface area contributed by atoms with Gasteiger partial charge in [0, 0.05) is 32.6 Å². The Balaban J connectivity index is 1.63. The number of hydrogen-bond donors (Lipinski definition) is 1. The van der Waals surface area contributed by atoms with Crippen molar-refractivity contribution in [2.75, 3.05) is 25.4 Å². The molecule has 0 unspecified atom stereocenters. The molecule has 2 aliphatic rings. The number of carbonyl (C=O) groups is 3. The van der Waals surface area contributed by atoms with E-state index in [0.29, 0.717) is 37.8 Å². The summed E-state index contributed by atoms with van der Waals surface area (Å²) in [6.07, 6.45) is 3.63. The Morgan fingerprint density at radius 3 is 2.77 bits per heavy atom. The molecule has 2 aliphatic heterocycles. The van der Waals surface area contributed by atoms with Gasteiger partial charge in [-0.3, -0.25) is 14.5 Å². The van der Waals surface area contributed by atoms with Gasteiger partial charge in [-0.2, -0.15) is 0 Å². The second-order valence-electron chi connectivity index (χ2n) is 6.33. The zero-order chi connectivity index (χ0) is 18.5. The number of imide groups is 1. The zero-order valence-electron chi connectivity index (χ0n) is 14.9. The van der Waals surface area contributed by atoms with Crippen molar-refractivity contribution in [3.63, 3.8) is 0 Å². The molecule has 1 aromatic heterocycles. The number of urea groups is 1. The average molecular weight is 380 g/mol. The lowest BCUT2D eigenvalue weighted by Gasteiger charge is -2.20. The van der Waals surface area contributed by atoms with Crippen LogP contribution in [0.2, 0.25) is 0 Å². The SMILES string of the molecule is CCn1c(CN2CCCCCC2=O)nnc1SCC(=O)N1CCNC1=O. The van der Waals surface area contributed by atoms with Crippen LogP contribution in [-0.4, -0.2) is 67.8 Å². The minimum atomic E-state index is -0.340. The maximum absolute atomic E-state index is 12.2. The molecule has 1 N–H and O–H groups in total. The van der Waals surface area contributed by atoms with Gasteiger partial charge in [0.25, 0.3) is 0 Å². The quantitative estimate of drug-likeness (QED) is 0.734.